The minimum absolute atomic E-state index is 0.138. The summed E-state index contributed by atoms with van der Waals surface area (Å²) in [7, 11) is 1.96. The fourth-order valence-electron chi connectivity index (χ4n) is 7.36. The van der Waals surface area contributed by atoms with Gasteiger partial charge in [0.15, 0.2) is 6.20 Å². The molecular weight excluding hydrogens is 540 g/mol. The van der Waals surface area contributed by atoms with Crippen LogP contribution in [-0.4, -0.2) is 13.4 Å². The van der Waals surface area contributed by atoms with Gasteiger partial charge >= 0.3 is 0 Å². The lowest BCUT2D eigenvalue weighted by atomic mass is 9.20. The third-order valence-electron chi connectivity index (χ3n) is 9.57. The van der Waals surface area contributed by atoms with Crippen LogP contribution in [0.5, 0.6) is 0 Å². The van der Waals surface area contributed by atoms with Crippen LogP contribution in [0.4, 0.5) is 0 Å². The molecule has 0 aliphatic carbocycles. The van der Waals surface area contributed by atoms with Gasteiger partial charge in [0.25, 0.3) is 0 Å². The fraction of sp³-hybridized carbons (Fsp3) is 0.167. The molecule has 0 spiro atoms. The maximum Gasteiger partial charge on any atom is 0.240 e. The van der Waals surface area contributed by atoms with Crippen molar-refractivity contribution in [3.63, 3.8) is 0 Å². The lowest BCUT2D eigenvalue weighted by molar-refractivity contribution is -0.660. The van der Waals surface area contributed by atoms with E-state index in [9.17, 15) is 0 Å². The summed E-state index contributed by atoms with van der Waals surface area (Å²) >= 11 is 0. The van der Waals surface area contributed by atoms with Crippen LogP contribution in [0.3, 0.4) is 0 Å². The molecule has 1 nitrogen and oxygen atoms in total. The maximum atomic E-state index is 8.90. The van der Waals surface area contributed by atoms with Crippen LogP contribution >= 0.6 is 0 Å². The summed E-state index contributed by atoms with van der Waals surface area (Å²) in [5.74, 6) is 0. The summed E-state index contributed by atoms with van der Waals surface area (Å²) in [4.78, 5) is 0. The molecule has 45 heavy (non-hydrogen) atoms. The molecule has 0 bridgehead atoms. The number of pyridine rings is 1. The largest absolute Gasteiger partial charge is 0.240 e. The van der Waals surface area contributed by atoms with Gasteiger partial charge in [-0.3, -0.25) is 0 Å². The lowest BCUT2D eigenvalue weighted by Gasteiger charge is -2.35. The minimum atomic E-state index is -2.55. The number of nitrogens with zero attached hydrogens (tertiary/aromatic N) is 1. The van der Waals surface area contributed by atoms with Crippen LogP contribution in [0.2, 0.25) is 0 Å². The van der Waals surface area contributed by atoms with E-state index in [2.05, 4.69) is 0 Å². The van der Waals surface area contributed by atoms with Crippen molar-refractivity contribution in [3.8, 4) is 22.4 Å². The Labute approximate surface area is 282 Å². The predicted molar refractivity (Wildman–Crippen MR) is 196 cm³/mol. The van der Waals surface area contributed by atoms with Crippen molar-refractivity contribution in [2.45, 2.75) is 41.3 Å². The number of hydrogen-bond acceptors (Lipinski definition) is 0. The van der Waals surface area contributed by atoms with Gasteiger partial charge in [0.1, 0.15) is 7.05 Å². The molecule has 6 aromatic rings. The molecule has 1 aromatic heterocycles. The molecular formula is C42H40B2N+. The average Bonchev–Trinajstić information content (AvgIpc) is 3.10. The Morgan fingerprint density at radius 1 is 0.489 bits per heavy atom. The van der Waals surface area contributed by atoms with Gasteiger partial charge in [0.05, 0.1) is 0 Å². The van der Waals surface area contributed by atoms with Crippen LogP contribution in [0, 0.1) is 41.3 Å². The van der Waals surface area contributed by atoms with Crippen molar-refractivity contribution in [2.24, 2.45) is 7.05 Å². The van der Waals surface area contributed by atoms with Gasteiger partial charge in [0, 0.05) is 30.0 Å². The highest BCUT2D eigenvalue weighted by Crippen LogP contribution is 2.28. The molecule has 0 amide bonds. The van der Waals surface area contributed by atoms with E-state index in [1.54, 1.807) is 30.3 Å². The summed E-state index contributed by atoms with van der Waals surface area (Å²) in [6, 6.07) is 34.0. The second-order valence-corrected chi connectivity index (χ2v) is 12.3. The Bertz CT molecular complexity index is 2430. The molecule has 2 heterocycles. The molecule has 1 aliphatic heterocycles. The van der Waals surface area contributed by atoms with Crippen LogP contribution < -0.4 is 37.3 Å². The zero-order valence-electron chi connectivity index (χ0n) is 35.1. The molecule has 0 radical (unpaired) electrons. The molecule has 7 rings (SSSR count). The number of aryl methyl sites for hydroxylation is 7. The smallest absolute Gasteiger partial charge is 0.201 e. The van der Waals surface area contributed by atoms with Crippen molar-refractivity contribution >= 4 is 46.2 Å². The first-order valence-electron chi connectivity index (χ1n) is 19.9. The number of fused-ring (bicyclic) bond motifs is 2. The number of hydrogen-bond donors (Lipinski definition) is 0. The topological polar surface area (TPSA) is 3.88 Å². The van der Waals surface area contributed by atoms with Gasteiger partial charge in [-0.2, -0.15) is 0 Å². The van der Waals surface area contributed by atoms with E-state index in [1.165, 1.54) is 0 Å². The number of aromatic nitrogens is 1. The Morgan fingerprint density at radius 2 is 1.02 bits per heavy atom. The highest BCUT2D eigenvalue weighted by Gasteiger charge is 2.40. The van der Waals surface area contributed by atoms with E-state index in [0.29, 0.717) is 27.5 Å². The average molecular weight is 589 g/mol. The van der Waals surface area contributed by atoms with E-state index in [0.717, 1.165) is 44.3 Å². The predicted octanol–water partition coefficient (Wildman–Crippen LogP) is 5.04. The van der Waals surface area contributed by atoms with E-state index >= 15 is 0 Å². The maximum absolute atomic E-state index is 8.90. The molecule has 0 unspecified atom stereocenters. The standard InChI is InChI=1S/C42H40B2N/c1-27-14-8-9-19-34(27)40-25-33(22-23-45(40)7)35-26-39-38(24-32(35)6)43(41-28(2)15-12-16-29(41)3)36-20-10-11-21-37(36)44(39)42-30(4)17-13-18-31(42)5/h8-26H,1-7H3/q+1/i2D3,4D3,6D3. The van der Waals surface area contributed by atoms with E-state index < -0.39 is 34.0 Å². The van der Waals surface area contributed by atoms with Crippen molar-refractivity contribution in [2.75, 3.05) is 0 Å². The van der Waals surface area contributed by atoms with Gasteiger partial charge in [-0.25, -0.2) is 4.57 Å². The quantitative estimate of drug-likeness (QED) is 0.200. The Hall–Kier alpha value is -4.62. The molecule has 1 aliphatic rings. The Morgan fingerprint density at radius 3 is 1.62 bits per heavy atom. The summed E-state index contributed by atoms with van der Waals surface area (Å²) in [6.07, 6.45) is 1.93. The monoisotopic (exact) mass is 589 g/mol. The second-order valence-electron chi connectivity index (χ2n) is 12.3. The first-order valence-corrected chi connectivity index (χ1v) is 15.4. The SMILES string of the molecule is [2H]C([2H])([2H])c1cc2c(cc1-c1cc[n+](C)c(-c3ccccc3C)c1)B(c1c(C)cccc1C([2H])([2H])[2H])c1ccccc1B2c1c(C)cccc1C([2H])([2H])[2H]. The first kappa shape index (κ1) is 20.4. The molecule has 0 atom stereocenters. The highest BCUT2D eigenvalue weighted by atomic mass is 14.9. The van der Waals surface area contributed by atoms with Crippen molar-refractivity contribution < 1.29 is 16.9 Å². The third kappa shape index (κ3) is 4.86. The van der Waals surface area contributed by atoms with Crippen LogP contribution in [0.15, 0.2) is 115 Å². The van der Waals surface area contributed by atoms with Gasteiger partial charge in [-0.1, -0.05) is 146 Å². The summed E-state index contributed by atoms with van der Waals surface area (Å²) in [5, 5.41) is 0. The molecule has 3 heteroatoms. The third-order valence-corrected chi connectivity index (χ3v) is 9.57. The van der Waals surface area contributed by atoms with E-state index in [1.807, 2.05) is 117 Å². The lowest BCUT2D eigenvalue weighted by Crippen LogP contribution is -2.76. The van der Waals surface area contributed by atoms with Crippen molar-refractivity contribution in [1.82, 2.24) is 0 Å². The highest BCUT2D eigenvalue weighted by molar-refractivity contribution is 7.11. The van der Waals surface area contributed by atoms with E-state index in [-0.39, 0.29) is 16.7 Å². The second kappa shape index (κ2) is 11.4. The van der Waals surface area contributed by atoms with Crippen LogP contribution in [0.25, 0.3) is 22.4 Å². The summed E-state index contributed by atoms with van der Waals surface area (Å²) < 4.78 is 80.4. The zero-order valence-corrected chi connectivity index (χ0v) is 26.1. The van der Waals surface area contributed by atoms with Gasteiger partial charge < -0.3 is 0 Å². The molecule has 0 fully saturated rings. The fourth-order valence-corrected chi connectivity index (χ4v) is 7.36. The number of rotatable bonds is 4. The Balaban J connectivity index is 1.64. The van der Waals surface area contributed by atoms with Crippen LogP contribution in [-0.2, 0) is 7.05 Å². The van der Waals surface area contributed by atoms with E-state index in [4.69, 9.17) is 12.3 Å². The minimum Gasteiger partial charge on any atom is -0.201 e. The van der Waals surface area contributed by atoms with Crippen LogP contribution in [0.1, 0.15) is 45.7 Å². The van der Waals surface area contributed by atoms with Crippen molar-refractivity contribution in [3.05, 3.63) is 149 Å². The molecule has 0 saturated carbocycles. The van der Waals surface area contributed by atoms with Crippen molar-refractivity contribution in [1.29, 1.82) is 0 Å². The zero-order chi connectivity index (χ0) is 38.9. The number of benzene rings is 5. The first-order chi connectivity index (χ1) is 25.4. The molecule has 0 N–H and O–H groups in total. The molecule has 0 saturated heterocycles. The normalized spacial score (nSPS) is 16.0. The molecule has 5 aromatic carbocycles. The molecule has 218 valence electrons. The van der Waals surface area contributed by atoms with Gasteiger partial charge in [0.2, 0.25) is 19.1 Å². The summed E-state index contributed by atoms with van der Waals surface area (Å²) in [6.45, 7) is -2.82. The van der Waals surface area contributed by atoms with Gasteiger partial charge in [-0.05, 0) is 69.6 Å². The van der Waals surface area contributed by atoms with Gasteiger partial charge in [-0.15, -0.1) is 0 Å². The Kier molecular flexibility index (Phi) is 5.17. The summed E-state index contributed by atoms with van der Waals surface area (Å²) in [5.41, 5.74) is 10.6.